The number of nitrogens with two attached hydrogens (primary N) is 1. The maximum absolute atomic E-state index is 13.7. The average molecular weight is 628 g/mol. The number of carbonyl (C=O) groups is 5. The van der Waals surface area contributed by atoms with Crippen molar-refractivity contribution in [2.24, 2.45) is 11.7 Å². The van der Waals surface area contributed by atoms with Crippen LogP contribution in [-0.4, -0.2) is 76.1 Å². The van der Waals surface area contributed by atoms with Gasteiger partial charge in [-0.15, -0.1) is 0 Å². The highest BCUT2D eigenvalue weighted by Gasteiger charge is 2.32. The number of aromatic hydroxyl groups is 2. The number of phenolic OH excluding ortho intramolecular Hbond substituents is 2. The number of benzene rings is 2. The first-order valence-electron chi connectivity index (χ1n) is 15.1. The van der Waals surface area contributed by atoms with Gasteiger partial charge in [-0.25, -0.2) is 0 Å². The summed E-state index contributed by atoms with van der Waals surface area (Å²) in [6.45, 7) is 4.10. The van der Waals surface area contributed by atoms with Gasteiger partial charge in [-0.3, -0.25) is 24.0 Å². The molecule has 0 fully saturated rings. The quantitative estimate of drug-likeness (QED) is 0.0835. The lowest BCUT2D eigenvalue weighted by molar-refractivity contribution is -0.137. The molecule has 246 valence electrons. The first kappa shape index (κ1) is 36.5. The normalized spacial score (nSPS) is 13.5. The molecule has 45 heavy (non-hydrogen) atoms. The van der Waals surface area contributed by atoms with E-state index in [4.69, 9.17) is 10.8 Å². The number of carbonyl (C=O) groups excluding carboxylic acids is 4. The second-order valence-electron chi connectivity index (χ2n) is 10.9. The fraction of sp³-hybridized carbons (Fsp3) is 0.469. The lowest BCUT2D eigenvalue weighted by atomic mass is 9.96. The number of amides is 4. The maximum Gasteiger partial charge on any atom is 0.303 e. The number of rotatable bonds is 19. The van der Waals surface area contributed by atoms with Crippen LogP contribution >= 0.6 is 0 Å². The van der Waals surface area contributed by atoms with Crippen molar-refractivity contribution in [1.82, 2.24) is 21.3 Å². The zero-order valence-electron chi connectivity index (χ0n) is 25.8. The summed E-state index contributed by atoms with van der Waals surface area (Å²) in [5.74, 6) is -4.49. The van der Waals surface area contributed by atoms with Crippen LogP contribution in [0.1, 0.15) is 68.3 Å². The molecule has 0 bridgehead atoms. The van der Waals surface area contributed by atoms with Crippen molar-refractivity contribution in [2.45, 2.75) is 76.9 Å². The molecule has 4 amide bonds. The Labute approximate surface area is 263 Å². The minimum atomic E-state index is -1.09. The number of carboxylic acids is 1. The van der Waals surface area contributed by atoms with E-state index in [2.05, 4.69) is 21.3 Å². The minimum absolute atomic E-state index is 0.108. The molecule has 2 rings (SSSR count). The van der Waals surface area contributed by atoms with Gasteiger partial charge in [0.1, 0.15) is 29.6 Å². The van der Waals surface area contributed by atoms with Crippen LogP contribution in [0.5, 0.6) is 11.5 Å². The van der Waals surface area contributed by atoms with Crippen molar-refractivity contribution < 1.29 is 39.3 Å². The number of carboxylic acid groups (broad SMARTS) is 1. The predicted octanol–water partition coefficient (Wildman–Crippen LogP) is 1.56. The molecule has 0 heterocycles. The van der Waals surface area contributed by atoms with Gasteiger partial charge in [0.2, 0.25) is 17.7 Å². The Hall–Kier alpha value is -4.65. The zero-order valence-corrected chi connectivity index (χ0v) is 25.8. The van der Waals surface area contributed by atoms with E-state index in [-0.39, 0.29) is 55.2 Å². The van der Waals surface area contributed by atoms with E-state index in [1.807, 2.05) is 25.1 Å². The van der Waals surface area contributed by atoms with Gasteiger partial charge >= 0.3 is 5.97 Å². The first-order valence-corrected chi connectivity index (χ1v) is 15.1. The molecule has 0 aliphatic heterocycles. The molecule has 0 saturated carbocycles. The van der Waals surface area contributed by atoms with Crippen molar-refractivity contribution in [1.29, 1.82) is 0 Å². The summed E-state index contributed by atoms with van der Waals surface area (Å²) in [5.41, 5.74) is 6.18. The molecule has 0 saturated heterocycles. The van der Waals surface area contributed by atoms with E-state index >= 15 is 0 Å². The van der Waals surface area contributed by atoms with Crippen LogP contribution in [0, 0.1) is 5.92 Å². The molecular formula is C32H45N5O8. The second-order valence-corrected chi connectivity index (χ2v) is 10.9. The molecule has 0 radical (unpaired) electrons. The fourth-order valence-electron chi connectivity index (χ4n) is 4.55. The van der Waals surface area contributed by atoms with Crippen LogP contribution in [0.25, 0.3) is 0 Å². The van der Waals surface area contributed by atoms with Gasteiger partial charge in [0.05, 0.1) is 5.56 Å². The number of unbranched alkanes of at least 4 members (excludes halogenated alkanes) is 1. The number of phenols is 2. The lowest BCUT2D eigenvalue weighted by Crippen LogP contribution is -2.58. The fourth-order valence-corrected chi connectivity index (χ4v) is 4.55. The van der Waals surface area contributed by atoms with Crippen LogP contribution in [0.3, 0.4) is 0 Å². The molecule has 13 nitrogen and oxygen atoms in total. The van der Waals surface area contributed by atoms with E-state index in [0.717, 1.165) is 17.7 Å². The lowest BCUT2D eigenvalue weighted by Gasteiger charge is -2.28. The van der Waals surface area contributed by atoms with Gasteiger partial charge in [0.25, 0.3) is 5.91 Å². The predicted molar refractivity (Wildman–Crippen MR) is 167 cm³/mol. The molecule has 0 aliphatic rings. The van der Waals surface area contributed by atoms with Gasteiger partial charge in [-0.05, 0) is 61.9 Å². The van der Waals surface area contributed by atoms with E-state index in [0.29, 0.717) is 25.8 Å². The molecule has 2 aromatic rings. The van der Waals surface area contributed by atoms with Crippen LogP contribution in [-0.2, 0) is 25.6 Å². The molecule has 0 aromatic heterocycles. The van der Waals surface area contributed by atoms with Gasteiger partial charge in [0, 0.05) is 19.4 Å². The molecule has 2 aromatic carbocycles. The third kappa shape index (κ3) is 12.5. The molecule has 9 N–H and O–H groups in total. The van der Waals surface area contributed by atoms with Crippen molar-refractivity contribution >= 4 is 29.6 Å². The van der Waals surface area contributed by atoms with Crippen LogP contribution in [0.15, 0.2) is 48.5 Å². The Bertz CT molecular complexity index is 1290. The molecule has 13 heteroatoms. The van der Waals surface area contributed by atoms with Gasteiger partial charge < -0.3 is 42.3 Å². The Morgan fingerprint density at radius 2 is 1.56 bits per heavy atom. The summed E-state index contributed by atoms with van der Waals surface area (Å²) >= 11 is 0. The maximum atomic E-state index is 13.7. The molecule has 0 spiro atoms. The number of nitrogens with one attached hydrogen (secondary N) is 4. The highest BCUT2D eigenvalue weighted by atomic mass is 16.4. The van der Waals surface area contributed by atoms with Crippen LogP contribution in [0.2, 0.25) is 0 Å². The third-order valence-corrected chi connectivity index (χ3v) is 7.37. The van der Waals surface area contributed by atoms with E-state index in [1.54, 1.807) is 19.1 Å². The Balaban J connectivity index is 2.25. The summed E-state index contributed by atoms with van der Waals surface area (Å²) in [6, 6.07) is 9.32. The van der Waals surface area contributed by atoms with E-state index < -0.39 is 47.7 Å². The standard InChI is InChI=1S/C32H45N5O8/c1-3-20(2)28(32(45)36-25(18-21-10-5-4-6-11-21)30(43)34-17-9-13-27(40)41)37-31(44)24(12-7-8-16-33)35-29(42)23-19-22(38)14-15-26(23)39/h4-6,10-11,14-15,19-20,24-25,28,38-39H,3,7-9,12-13,16-18,33H2,1-2H3,(H,34,43)(H,35,42)(H,36,45)(H,37,44)(H,40,41)/t20-,24-,25-,28-/m0/s1. The van der Waals surface area contributed by atoms with Crippen molar-refractivity contribution in [3.8, 4) is 11.5 Å². The minimum Gasteiger partial charge on any atom is -0.508 e. The van der Waals surface area contributed by atoms with Crippen LogP contribution < -0.4 is 27.0 Å². The monoisotopic (exact) mass is 627 g/mol. The molecular weight excluding hydrogens is 582 g/mol. The van der Waals surface area contributed by atoms with Gasteiger partial charge in [-0.1, -0.05) is 50.6 Å². The summed E-state index contributed by atoms with van der Waals surface area (Å²) in [6.07, 6.45) is 2.02. The Morgan fingerprint density at radius 1 is 0.844 bits per heavy atom. The van der Waals surface area contributed by atoms with Gasteiger partial charge in [0.15, 0.2) is 0 Å². The topological polar surface area (TPSA) is 220 Å². The van der Waals surface area contributed by atoms with Crippen molar-refractivity contribution in [3.63, 3.8) is 0 Å². The van der Waals surface area contributed by atoms with E-state index in [1.165, 1.54) is 6.07 Å². The van der Waals surface area contributed by atoms with Crippen LogP contribution in [0.4, 0.5) is 0 Å². The summed E-state index contributed by atoms with van der Waals surface area (Å²) in [7, 11) is 0. The molecule has 4 atom stereocenters. The number of aliphatic carboxylic acids is 1. The summed E-state index contributed by atoms with van der Waals surface area (Å²) in [5, 5.41) is 39.6. The second kappa shape index (κ2) is 18.9. The Morgan fingerprint density at radius 3 is 2.20 bits per heavy atom. The highest BCUT2D eigenvalue weighted by molar-refractivity contribution is 6.00. The molecule has 0 aliphatic carbocycles. The van der Waals surface area contributed by atoms with Gasteiger partial charge in [-0.2, -0.15) is 0 Å². The highest BCUT2D eigenvalue weighted by Crippen LogP contribution is 2.22. The van der Waals surface area contributed by atoms with Crippen molar-refractivity contribution in [2.75, 3.05) is 13.1 Å². The first-order chi connectivity index (χ1) is 21.5. The average Bonchev–Trinajstić information content (AvgIpc) is 3.01. The summed E-state index contributed by atoms with van der Waals surface area (Å²) < 4.78 is 0. The largest absolute Gasteiger partial charge is 0.508 e. The van der Waals surface area contributed by atoms with Crippen molar-refractivity contribution in [3.05, 3.63) is 59.7 Å². The summed E-state index contributed by atoms with van der Waals surface area (Å²) in [4.78, 5) is 64.2. The number of hydrogen-bond donors (Lipinski definition) is 8. The smallest absolute Gasteiger partial charge is 0.303 e. The SMILES string of the molecule is CC[C@H](C)[C@H](NC(=O)[C@H](CCCCN)NC(=O)c1cc(O)ccc1O)C(=O)N[C@@H](Cc1ccccc1)C(=O)NCCCC(=O)O. The zero-order chi connectivity index (χ0) is 33.4. The number of hydrogen-bond acceptors (Lipinski definition) is 8. The van der Waals surface area contributed by atoms with E-state index in [9.17, 15) is 34.2 Å². The Kier molecular flexibility index (Phi) is 15.3. The third-order valence-electron chi connectivity index (χ3n) is 7.37. The molecule has 0 unspecified atom stereocenters.